The van der Waals surface area contributed by atoms with Crippen molar-refractivity contribution in [2.24, 2.45) is 0 Å². The lowest BCUT2D eigenvalue weighted by Crippen LogP contribution is -2.29. The number of nitro groups is 1. The molecule has 0 fully saturated rings. The number of nitrogens with zero attached hydrogens (tertiary/aromatic N) is 1. The Morgan fingerprint density at radius 1 is 1.02 bits per heavy atom. The van der Waals surface area contributed by atoms with Crippen LogP contribution in [0.25, 0.3) is 11.1 Å². The van der Waals surface area contributed by atoms with Gasteiger partial charge in [0.15, 0.2) is 11.5 Å². The minimum absolute atomic E-state index is 0.0723. The first kappa shape index (κ1) is 29.4. The van der Waals surface area contributed by atoms with Gasteiger partial charge in [-0.3, -0.25) is 14.9 Å². The minimum Gasteiger partial charge on any atom is -0.493 e. The molecule has 10 nitrogen and oxygen atoms in total. The highest BCUT2D eigenvalue weighted by molar-refractivity contribution is 5.79. The van der Waals surface area contributed by atoms with Crippen LogP contribution in [0.4, 0.5) is 10.5 Å². The Kier molecular flexibility index (Phi) is 9.78. The van der Waals surface area contributed by atoms with Gasteiger partial charge in [0.25, 0.3) is 5.69 Å². The maximum Gasteiger partial charge on any atom is 0.407 e. The SMILES string of the molecule is CCCNC(=O)CCCOc1cc([N+](=O)[O-])c(C(C)NC(=O)OCC2c3ccccc3-c3ccccc32)cc1OC. The van der Waals surface area contributed by atoms with Crippen molar-refractivity contribution in [3.05, 3.63) is 87.5 Å². The summed E-state index contributed by atoms with van der Waals surface area (Å²) in [5, 5.41) is 17.4. The molecule has 0 radical (unpaired) electrons. The van der Waals surface area contributed by atoms with Crippen LogP contribution in [-0.2, 0) is 9.53 Å². The third kappa shape index (κ3) is 6.95. The van der Waals surface area contributed by atoms with Gasteiger partial charge in [-0.2, -0.15) is 0 Å². The third-order valence-corrected chi connectivity index (χ3v) is 7.03. The van der Waals surface area contributed by atoms with E-state index in [-0.39, 0.29) is 54.2 Å². The predicted molar refractivity (Wildman–Crippen MR) is 154 cm³/mol. The van der Waals surface area contributed by atoms with Gasteiger partial charge >= 0.3 is 6.09 Å². The Labute approximate surface area is 239 Å². The summed E-state index contributed by atoms with van der Waals surface area (Å²) in [5.74, 6) is 0.288. The summed E-state index contributed by atoms with van der Waals surface area (Å²) in [6.07, 6.45) is 0.885. The first-order valence-electron chi connectivity index (χ1n) is 13.7. The van der Waals surface area contributed by atoms with Gasteiger partial charge in [-0.15, -0.1) is 0 Å². The second-order valence-corrected chi connectivity index (χ2v) is 9.81. The Morgan fingerprint density at radius 3 is 2.29 bits per heavy atom. The lowest BCUT2D eigenvalue weighted by atomic mass is 9.98. The molecule has 1 aliphatic carbocycles. The standard InChI is InChI=1S/C31H35N3O7/c1-4-15-32-30(35)14-9-16-40-29-18-27(34(37)38)25(17-28(29)39-3)20(2)33-31(36)41-19-26-23-12-7-5-10-21(23)22-11-6-8-13-24(22)26/h5-8,10-13,17-18,20,26H,4,9,14-16,19H2,1-3H3,(H,32,35)(H,33,36). The molecule has 1 atom stereocenters. The van der Waals surface area contributed by atoms with Crippen molar-refractivity contribution in [2.75, 3.05) is 26.9 Å². The largest absolute Gasteiger partial charge is 0.493 e. The number of fused-ring (bicyclic) bond motifs is 3. The second kappa shape index (κ2) is 13.6. The number of carbonyl (C=O) groups is 2. The zero-order chi connectivity index (χ0) is 29.4. The van der Waals surface area contributed by atoms with E-state index in [9.17, 15) is 19.7 Å². The normalized spacial score (nSPS) is 12.6. The van der Waals surface area contributed by atoms with Crippen molar-refractivity contribution >= 4 is 17.7 Å². The first-order chi connectivity index (χ1) is 19.8. The van der Waals surface area contributed by atoms with Crippen LogP contribution < -0.4 is 20.1 Å². The molecule has 0 aliphatic heterocycles. The molecule has 1 unspecified atom stereocenters. The van der Waals surface area contributed by atoms with Crippen LogP contribution in [0, 0.1) is 10.1 Å². The molecule has 10 heteroatoms. The molecule has 0 spiro atoms. The Bertz CT molecular complexity index is 1360. The van der Waals surface area contributed by atoms with Gasteiger partial charge in [0.2, 0.25) is 5.91 Å². The fourth-order valence-corrected chi connectivity index (χ4v) is 5.00. The fourth-order valence-electron chi connectivity index (χ4n) is 5.00. The van der Waals surface area contributed by atoms with Gasteiger partial charge in [0.1, 0.15) is 6.61 Å². The number of hydrogen-bond donors (Lipinski definition) is 2. The van der Waals surface area contributed by atoms with Crippen LogP contribution in [0.1, 0.15) is 61.8 Å². The van der Waals surface area contributed by atoms with E-state index in [0.717, 1.165) is 28.7 Å². The number of ether oxygens (including phenoxy) is 3. The summed E-state index contributed by atoms with van der Waals surface area (Å²) < 4.78 is 16.8. The van der Waals surface area contributed by atoms with E-state index in [4.69, 9.17) is 14.2 Å². The molecule has 0 bridgehead atoms. The van der Waals surface area contributed by atoms with E-state index in [1.54, 1.807) is 6.92 Å². The van der Waals surface area contributed by atoms with Crippen molar-refractivity contribution in [1.82, 2.24) is 10.6 Å². The molecule has 2 amide bonds. The van der Waals surface area contributed by atoms with Crippen molar-refractivity contribution in [3.63, 3.8) is 0 Å². The van der Waals surface area contributed by atoms with E-state index in [1.807, 2.05) is 43.3 Å². The molecule has 3 aromatic carbocycles. The molecule has 2 N–H and O–H groups in total. The van der Waals surface area contributed by atoms with Crippen LogP contribution >= 0.6 is 0 Å². The third-order valence-electron chi connectivity index (χ3n) is 7.03. The lowest BCUT2D eigenvalue weighted by molar-refractivity contribution is -0.385. The van der Waals surface area contributed by atoms with Gasteiger partial charge in [-0.25, -0.2) is 4.79 Å². The number of benzene rings is 3. The Hall–Kier alpha value is -4.60. The quantitative estimate of drug-likeness (QED) is 0.151. The average Bonchev–Trinajstić information content (AvgIpc) is 3.30. The zero-order valence-electron chi connectivity index (χ0n) is 23.5. The number of amides is 2. The van der Waals surface area contributed by atoms with Gasteiger partial charge in [0.05, 0.1) is 36.3 Å². The molecule has 216 valence electrons. The zero-order valence-corrected chi connectivity index (χ0v) is 23.5. The van der Waals surface area contributed by atoms with Crippen molar-refractivity contribution in [3.8, 4) is 22.6 Å². The highest BCUT2D eigenvalue weighted by atomic mass is 16.6. The molecular weight excluding hydrogens is 526 g/mol. The molecule has 3 aromatic rings. The molecule has 0 saturated carbocycles. The molecule has 4 rings (SSSR count). The van der Waals surface area contributed by atoms with Crippen molar-refractivity contribution in [1.29, 1.82) is 0 Å². The molecule has 1 aliphatic rings. The summed E-state index contributed by atoms with van der Waals surface area (Å²) in [5.41, 5.74) is 4.43. The number of nitrogens with one attached hydrogen (secondary N) is 2. The Morgan fingerprint density at radius 2 is 1.68 bits per heavy atom. The number of methoxy groups -OCH3 is 1. The number of carbonyl (C=O) groups excluding carboxylic acids is 2. The molecule has 41 heavy (non-hydrogen) atoms. The number of alkyl carbamates (subject to hydrolysis) is 1. The molecule has 0 aromatic heterocycles. The number of hydrogen-bond acceptors (Lipinski definition) is 7. The average molecular weight is 562 g/mol. The summed E-state index contributed by atoms with van der Waals surface area (Å²) in [6, 6.07) is 18.1. The van der Waals surface area contributed by atoms with E-state index >= 15 is 0 Å². The first-order valence-corrected chi connectivity index (χ1v) is 13.7. The molecular formula is C31H35N3O7. The predicted octanol–water partition coefficient (Wildman–Crippen LogP) is 5.89. The summed E-state index contributed by atoms with van der Waals surface area (Å²) in [6.45, 7) is 4.53. The van der Waals surface area contributed by atoms with Crippen molar-refractivity contribution in [2.45, 2.75) is 45.1 Å². The monoisotopic (exact) mass is 561 g/mol. The van der Waals surface area contributed by atoms with Gasteiger partial charge in [0, 0.05) is 18.9 Å². The highest BCUT2D eigenvalue weighted by Gasteiger charge is 2.30. The highest BCUT2D eigenvalue weighted by Crippen LogP contribution is 2.44. The second-order valence-electron chi connectivity index (χ2n) is 9.81. The number of rotatable bonds is 13. The topological polar surface area (TPSA) is 129 Å². The van der Waals surface area contributed by atoms with Crippen LogP contribution in [0.15, 0.2) is 60.7 Å². The van der Waals surface area contributed by atoms with E-state index < -0.39 is 17.1 Å². The maximum absolute atomic E-state index is 12.8. The molecule has 0 heterocycles. The van der Waals surface area contributed by atoms with E-state index in [1.165, 1.54) is 19.2 Å². The Balaban J connectivity index is 1.40. The fraction of sp³-hybridized carbons (Fsp3) is 0.355. The molecule has 0 saturated heterocycles. The summed E-state index contributed by atoms with van der Waals surface area (Å²) in [7, 11) is 1.43. The van der Waals surface area contributed by atoms with Gasteiger partial charge in [-0.05, 0) is 48.1 Å². The van der Waals surface area contributed by atoms with E-state index in [2.05, 4.69) is 22.8 Å². The van der Waals surface area contributed by atoms with Crippen LogP contribution in [0.5, 0.6) is 11.5 Å². The van der Waals surface area contributed by atoms with Gasteiger partial charge in [-0.1, -0.05) is 55.5 Å². The summed E-state index contributed by atoms with van der Waals surface area (Å²) >= 11 is 0. The minimum atomic E-state index is -0.753. The smallest absolute Gasteiger partial charge is 0.407 e. The lowest BCUT2D eigenvalue weighted by Gasteiger charge is -2.19. The van der Waals surface area contributed by atoms with Crippen LogP contribution in [0.2, 0.25) is 0 Å². The van der Waals surface area contributed by atoms with Gasteiger partial charge < -0.3 is 24.8 Å². The van der Waals surface area contributed by atoms with Crippen LogP contribution in [-0.4, -0.2) is 43.8 Å². The number of nitro benzene ring substituents is 1. The van der Waals surface area contributed by atoms with Crippen molar-refractivity contribution < 1.29 is 28.7 Å². The van der Waals surface area contributed by atoms with Crippen LogP contribution in [0.3, 0.4) is 0 Å². The van der Waals surface area contributed by atoms with E-state index in [0.29, 0.717) is 13.0 Å². The summed E-state index contributed by atoms with van der Waals surface area (Å²) in [4.78, 5) is 36.0. The maximum atomic E-state index is 12.8.